The summed E-state index contributed by atoms with van der Waals surface area (Å²) in [6.45, 7) is 4.93. The number of nitro groups is 1. The van der Waals surface area contributed by atoms with Gasteiger partial charge in [-0.05, 0) is 43.3 Å². The third-order valence-corrected chi connectivity index (χ3v) is 4.94. The molecule has 0 aromatic heterocycles. The summed E-state index contributed by atoms with van der Waals surface area (Å²) in [7, 11) is 0. The summed E-state index contributed by atoms with van der Waals surface area (Å²) in [5, 5.41) is 47.1. The number of anilines is 1. The van der Waals surface area contributed by atoms with Crippen LogP contribution in [-0.2, 0) is 9.53 Å². The lowest BCUT2D eigenvalue weighted by molar-refractivity contribution is -0.384. The van der Waals surface area contributed by atoms with Gasteiger partial charge in [-0.1, -0.05) is 0 Å². The van der Waals surface area contributed by atoms with Gasteiger partial charge < -0.3 is 19.8 Å². The van der Waals surface area contributed by atoms with Crippen LogP contribution in [0.1, 0.15) is 13.8 Å². The first-order valence-electron chi connectivity index (χ1n) is 10.9. The van der Waals surface area contributed by atoms with Crippen LogP contribution >= 0.6 is 0 Å². The predicted octanol–water partition coefficient (Wildman–Crippen LogP) is 6.23. The van der Waals surface area contributed by atoms with E-state index in [1.807, 2.05) is 24.0 Å². The minimum atomic E-state index is -0.527. The average Bonchev–Trinajstić information content (AvgIpc) is 2.86. The number of ether oxygens (including phenoxy) is 1. The van der Waals surface area contributed by atoms with Crippen LogP contribution in [0.2, 0.25) is 0 Å². The van der Waals surface area contributed by atoms with Gasteiger partial charge in [-0.3, -0.25) is 14.9 Å². The number of esters is 1. The molecular weight excluding hydrogens is 468 g/mol. The first-order valence-corrected chi connectivity index (χ1v) is 10.9. The van der Waals surface area contributed by atoms with Gasteiger partial charge >= 0.3 is 5.97 Å². The largest absolute Gasteiger partial charge is 0.506 e. The summed E-state index contributed by atoms with van der Waals surface area (Å²) < 4.78 is 4.99. The summed E-state index contributed by atoms with van der Waals surface area (Å²) in [5.41, 5.74) is 1.72. The van der Waals surface area contributed by atoms with Gasteiger partial charge in [-0.2, -0.15) is 10.2 Å². The maximum atomic E-state index is 10.9. The predicted molar refractivity (Wildman–Crippen MR) is 132 cm³/mol. The molecule has 0 unspecified atom stereocenters. The lowest BCUT2D eigenvalue weighted by Gasteiger charge is -2.22. The number of nitrogens with zero attached hydrogens (tertiary/aromatic N) is 6. The van der Waals surface area contributed by atoms with Crippen molar-refractivity contribution in [2.45, 2.75) is 13.8 Å². The number of aromatic hydroxyl groups is 2. The second-order valence-corrected chi connectivity index (χ2v) is 7.44. The lowest BCUT2D eigenvalue weighted by atomic mass is 10.2. The van der Waals surface area contributed by atoms with Gasteiger partial charge in [-0.15, -0.1) is 10.2 Å². The maximum absolute atomic E-state index is 10.9. The molecule has 12 heteroatoms. The topological polar surface area (TPSA) is 163 Å². The van der Waals surface area contributed by atoms with E-state index in [0.717, 1.165) is 12.2 Å². The molecule has 0 saturated carbocycles. The lowest BCUT2D eigenvalue weighted by Crippen LogP contribution is -2.27. The number of azo groups is 2. The van der Waals surface area contributed by atoms with E-state index in [2.05, 4.69) is 20.5 Å². The third kappa shape index (κ3) is 7.06. The highest BCUT2D eigenvalue weighted by molar-refractivity contribution is 5.66. The standard InChI is InChI=1S/C24H24N6O6/c1-3-29(12-13-36-16(2)31)19-8-4-17(5-9-19)25-27-21-14-24(33)22(15-23(21)32)28-26-18-6-10-20(11-7-18)30(34)35/h4-11,14-15,32-33H,3,12-13H2,1-2H3. The van der Waals surface area contributed by atoms with Crippen molar-refractivity contribution < 1.29 is 24.7 Å². The normalized spacial score (nSPS) is 11.2. The third-order valence-electron chi connectivity index (χ3n) is 4.94. The minimum absolute atomic E-state index is 0.0115. The number of likely N-dealkylation sites (N-methyl/N-ethyl adjacent to an activating group) is 1. The Hall–Kier alpha value is -4.87. The molecule has 0 aliphatic carbocycles. The molecule has 3 aromatic rings. The minimum Gasteiger partial charge on any atom is -0.506 e. The van der Waals surface area contributed by atoms with Crippen LogP contribution in [0.5, 0.6) is 11.5 Å². The zero-order chi connectivity index (χ0) is 26.1. The SMILES string of the molecule is CCN(CCOC(C)=O)c1ccc(N=Nc2cc(O)c(N=Nc3ccc([N+](=O)[O-])cc3)cc2O)cc1. The molecule has 3 aromatic carbocycles. The number of carbonyl (C=O) groups excluding carboxylic acids is 1. The van der Waals surface area contributed by atoms with Crippen molar-refractivity contribution in [2.75, 3.05) is 24.6 Å². The van der Waals surface area contributed by atoms with Gasteiger partial charge in [0.15, 0.2) is 0 Å². The van der Waals surface area contributed by atoms with Crippen LogP contribution in [0, 0.1) is 10.1 Å². The van der Waals surface area contributed by atoms with Crippen LogP contribution in [-0.4, -0.2) is 40.8 Å². The van der Waals surface area contributed by atoms with E-state index in [4.69, 9.17) is 4.74 Å². The Labute approximate surface area is 206 Å². The molecule has 0 radical (unpaired) electrons. The molecule has 0 aliphatic heterocycles. The molecule has 0 spiro atoms. The van der Waals surface area contributed by atoms with E-state index in [1.165, 1.54) is 43.3 Å². The Bertz CT molecular complexity index is 1280. The van der Waals surface area contributed by atoms with Crippen LogP contribution < -0.4 is 4.90 Å². The number of hydrogen-bond donors (Lipinski definition) is 2. The van der Waals surface area contributed by atoms with Crippen LogP contribution in [0.15, 0.2) is 81.1 Å². The van der Waals surface area contributed by atoms with Crippen molar-refractivity contribution in [3.63, 3.8) is 0 Å². The fraction of sp³-hybridized carbons (Fsp3) is 0.208. The second kappa shape index (κ2) is 12.0. The number of phenols is 2. The number of nitro benzene ring substituents is 1. The Kier molecular flexibility index (Phi) is 8.59. The van der Waals surface area contributed by atoms with Crippen molar-refractivity contribution in [3.8, 4) is 11.5 Å². The summed E-state index contributed by atoms with van der Waals surface area (Å²) in [6, 6.07) is 15.0. The molecule has 36 heavy (non-hydrogen) atoms. The molecule has 186 valence electrons. The van der Waals surface area contributed by atoms with Gasteiger partial charge in [0.25, 0.3) is 5.69 Å². The molecule has 0 aliphatic rings. The van der Waals surface area contributed by atoms with Crippen LogP contribution in [0.3, 0.4) is 0 Å². The monoisotopic (exact) mass is 492 g/mol. The van der Waals surface area contributed by atoms with Gasteiger partial charge in [0.05, 0.1) is 22.8 Å². The molecule has 0 heterocycles. The first-order chi connectivity index (χ1) is 17.3. The van der Waals surface area contributed by atoms with Crippen LogP contribution in [0.4, 0.5) is 34.1 Å². The van der Waals surface area contributed by atoms with E-state index in [0.29, 0.717) is 17.9 Å². The quantitative estimate of drug-likeness (QED) is 0.111. The van der Waals surface area contributed by atoms with Crippen molar-refractivity contribution in [1.82, 2.24) is 0 Å². The van der Waals surface area contributed by atoms with Crippen molar-refractivity contribution in [1.29, 1.82) is 0 Å². The van der Waals surface area contributed by atoms with E-state index < -0.39 is 4.92 Å². The van der Waals surface area contributed by atoms with Crippen molar-refractivity contribution in [2.24, 2.45) is 20.5 Å². The zero-order valence-corrected chi connectivity index (χ0v) is 19.6. The Morgan fingerprint density at radius 1 is 0.917 bits per heavy atom. The van der Waals surface area contributed by atoms with Gasteiger partial charge in [0.1, 0.15) is 29.5 Å². The number of benzene rings is 3. The second-order valence-electron chi connectivity index (χ2n) is 7.44. The van der Waals surface area contributed by atoms with E-state index in [-0.39, 0.29) is 41.1 Å². The van der Waals surface area contributed by atoms with Crippen molar-refractivity contribution >= 4 is 40.1 Å². The molecule has 0 amide bonds. The van der Waals surface area contributed by atoms with Gasteiger partial charge in [0, 0.05) is 43.4 Å². The van der Waals surface area contributed by atoms with E-state index in [1.54, 1.807) is 12.1 Å². The van der Waals surface area contributed by atoms with E-state index >= 15 is 0 Å². The fourth-order valence-electron chi connectivity index (χ4n) is 3.08. The molecule has 0 fully saturated rings. The highest BCUT2D eigenvalue weighted by atomic mass is 16.6. The van der Waals surface area contributed by atoms with Gasteiger partial charge in [0.2, 0.25) is 0 Å². The highest BCUT2D eigenvalue weighted by Gasteiger charge is 2.10. The zero-order valence-electron chi connectivity index (χ0n) is 19.6. The molecule has 0 atom stereocenters. The summed E-state index contributed by atoms with van der Waals surface area (Å²) in [6.07, 6.45) is 0. The number of carbonyl (C=O) groups is 1. The Morgan fingerprint density at radius 3 is 1.86 bits per heavy atom. The number of rotatable bonds is 10. The number of non-ortho nitro benzene ring substituents is 1. The molecule has 0 bridgehead atoms. The van der Waals surface area contributed by atoms with Crippen LogP contribution in [0.25, 0.3) is 0 Å². The summed E-state index contributed by atoms with van der Waals surface area (Å²) in [5.74, 6) is -0.876. The average molecular weight is 492 g/mol. The molecule has 2 N–H and O–H groups in total. The maximum Gasteiger partial charge on any atom is 0.302 e. The number of hydrogen-bond acceptors (Lipinski definition) is 11. The fourth-order valence-corrected chi connectivity index (χ4v) is 3.08. The Balaban J connectivity index is 1.68. The van der Waals surface area contributed by atoms with E-state index in [9.17, 15) is 25.1 Å². The summed E-state index contributed by atoms with van der Waals surface area (Å²) >= 11 is 0. The smallest absolute Gasteiger partial charge is 0.302 e. The molecule has 3 rings (SSSR count). The summed E-state index contributed by atoms with van der Waals surface area (Å²) in [4.78, 5) is 23.2. The Morgan fingerprint density at radius 2 is 1.42 bits per heavy atom. The van der Waals surface area contributed by atoms with Gasteiger partial charge in [-0.25, -0.2) is 0 Å². The molecule has 0 saturated heterocycles. The first kappa shape index (κ1) is 25.7. The van der Waals surface area contributed by atoms with Crippen molar-refractivity contribution in [3.05, 3.63) is 70.8 Å². The highest BCUT2D eigenvalue weighted by Crippen LogP contribution is 2.39. The molecule has 12 nitrogen and oxygen atoms in total. The number of phenolic OH excluding ortho intramolecular Hbond substituents is 2. The molecular formula is C24H24N6O6.